The molecule has 1 heterocycles. The molecule has 0 saturated heterocycles. The molecular weight excluding hydrogens is 298 g/mol. The van der Waals surface area contributed by atoms with E-state index in [-0.39, 0.29) is 19.0 Å². The number of carbonyl (C=O) groups is 2. The van der Waals surface area contributed by atoms with Crippen molar-refractivity contribution in [1.82, 2.24) is 10.2 Å². The molecule has 5 nitrogen and oxygen atoms in total. The van der Waals surface area contributed by atoms with Gasteiger partial charge in [-0.1, -0.05) is 25.4 Å². The van der Waals surface area contributed by atoms with E-state index in [1.54, 1.807) is 11.0 Å². The van der Waals surface area contributed by atoms with Gasteiger partial charge in [-0.25, -0.2) is 0 Å². The van der Waals surface area contributed by atoms with Gasteiger partial charge in [-0.05, 0) is 18.1 Å². The predicted octanol–water partition coefficient (Wildman–Crippen LogP) is 1.46. The molecule has 0 aromatic carbocycles. The summed E-state index contributed by atoms with van der Waals surface area (Å²) in [6.07, 6.45) is 0. The van der Waals surface area contributed by atoms with Crippen molar-refractivity contribution >= 4 is 34.8 Å². The summed E-state index contributed by atoms with van der Waals surface area (Å²) < 4.78 is 0.699. The monoisotopic (exact) mass is 317 g/mol. The summed E-state index contributed by atoms with van der Waals surface area (Å²) in [6, 6.07) is 3.68. The molecule has 0 unspecified atom stereocenters. The number of hydrogen-bond acceptors (Lipinski definition) is 4. The van der Waals surface area contributed by atoms with E-state index in [1.165, 1.54) is 11.3 Å². The number of primary amides is 1. The minimum Gasteiger partial charge on any atom is -0.369 e. The first-order valence-electron chi connectivity index (χ1n) is 6.38. The van der Waals surface area contributed by atoms with Crippen molar-refractivity contribution in [3.05, 3.63) is 21.3 Å². The summed E-state index contributed by atoms with van der Waals surface area (Å²) in [5, 5.41) is 2.81. The highest BCUT2D eigenvalue weighted by Gasteiger charge is 2.14. The topological polar surface area (TPSA) is 75.4 Å². The second kappa shape index (κ2) is 8.24. The Bertz CT molecular complexity index is 462. The van der Waals surface area contributed by atoms with Crippen LogP contribution in [0.15, 0.2) is 12.1 Å². The maximum Gasteiger partial charge on any atom is 0.234 e. The first-order chi connectivity index (χ1) is 9.36. The third kappa shape index (κ3) is 6.88. The molecule has 2 amide bonds. The Morgan fingerprint density at radius 2 is 2.10 bits per heavy atom. The number of nitrogens with zero attached hydrogens (tertiary/aromatic N) is 1. The largest absolute Gasteiger partial charge is 0.369 e. The molecule has 1 aromatic heterocycles. The quantitative estimate of drug-likeness (QED) is 0.762. The lowest BCUT2D eigenvalue weighted by Crippen LogP contribution is -2.42. The average molecular weight is 318 g/mol. The number of nitrogens with one attached hydrogen (secondary N) is 1. The molecule has 1 rings (SSSR count). The van der Waals surface area contributed by atoms with Crippen molar-refractivity contribution in [2.45, 2.75) is 20.4 Å². The normalized spacial score (nSPS) is 11.1. The lowest BCUT2D eigenvalue weighted by atomic mass is 10.2. The summed E-state index contributed by atoms with van der Waals surface area (Å²) in [5.74, 6) is -0.196. The maximum absolute atomic E-state index is 11.9. The van der Waals surface area contributed by atoms with Gasteiger partial charge in [0, 0.05) is 11.4 Å². The van der Waals surface area contributed by atoms with Crippen molar-refractivity contribution in [3.63, 3.8) is 0 Å². The fourth-order valence-electron chi connectivity index (χ4n) is 1.81. The van der Waals surface area contributed by atoms with E-state index < -0.39 is 5.91 Å². The summed E-state index contributed by atoms with van der Waals surface area (Å²) in [4.78, 5) is 25.6. The lowest BCUT2D eigenvalue weighted by molar-refractivity contribution is -0.124. The van der Waals surface area contributed by atoms with Gasteiger partial charge in [0.2, 0.25) is 11.8 Å². The van der Waals surface area contributed by atoms with E-state index in [4.69, 9.17) is 17.3 Å². The lowest BCUT2D eigenvalue weighted by Gasteiger charge is -2.21. The van der Waals surface area contributed by atoms with Gasteiger partial charge in [-0.2, -0.15) is 0 Å². The van der Waals surface area contributed by atoms with Crippen LogP contribution in [0.4, 0.5) is 0 Å². The zero-order valence-corrected chi connectivity index (χ0v) is 13.3. The zero-order valence-electron chi connectivity index (χ0n) is 11.7. The van der Waals surface area contributed by atoms with Crippen LogP contribution in [-0.2, 0) is 16.1 Å². The van der Waals surface area contributed by atoms with Crippen molar-refractivity contribution in [2.24, 2.45) is 11.7 Å². The molecule has 0 aliphatic carbocycles. The zero-order chi connectivity index (χ0) is 15.1. The van der Waals surface area contributed by atoms with Crippen molar-refractivity contribution < 1.29 is 9.59 Å². The Hall–Kier alpha value is -1.11. The molecule has 0 bridgehead atoms. The first kappa shape index (κ1) is 16.9. The number of carbonyl (C=O) groups excluding carboxylic acids is 2. The molecule has 0 spiro atoms. The van der Waals surface area contributed by atoms with Gasteiger partial charge in [-0.3, -0.25) is 14.5 Å². The number of thiophene rings is 1. The van der Waals surface area contributed by atoms with E-state index in [2.05, 4.69) is 5.32 Å². The van der Waals surface area contributed by atoms with E-state index in [0.717, 1.165) is 4.88 Å². The van der Waals surface area contributed by atoms with Crippen LogP contribution in [0.1, 0.15) is 18.7 Å². The molecular formula is C13H20ClN3O2S. The highest BCUT2D eigenvalue weighted by Crippen LogP contribution is 2.20. The molecule has 0 aliphatic rings. The molecule has 20 heavy (non-hydrogen) atoms. The molecule has 7 heteroatoms. The van der Waals surface area contributed by atoms with E-state index in [1.807, 2.05) is 19.9 Å². The highest BCUT2D eigenvalue weighted by molar-refractivity contribution is 7.16. The van der Waals surface area contributed by atoms with Crippen molar-refractivity contribution in [3.8, 4) is 0 Å². The first-order valence-corrected chi connectivity index (χ1v) is 7.58. The smallest absolute Gasteiger partial charge is 0.234 e. The van der Waals surface area contributed by atoms with Crippen molar-refractivity contribution in [2.75, 3.05) is 19.6 Å². The van der Waals surface area contributed by atoms with Crippen LogP contribution in [0, 0.1) is 5.92 Å². The van der Waals surface area contributed by atoms with Crippen LogP contribution < -0.4 is 11.1 Å². The Labute approximate surface area is 128 Å². The van der Waals surface area contributed by atoms with Crippen LogP contribution >= 0.6 is 22.9 Å². The van der Waals surface area contributed by atoms with Gasteiger partial charge in [0.25, 0.3) is 0 Å². The summed E-state index contributed by atoms with van der Waals surface area (Å²) >= 11 is 7.25. The SMILES string of the molecule is CC(C)CN(CC(N)=O)CC(=O)NCc1ccc(Cl)s1. The number of hydrogen-bond donors (Lipinski definition) is 2. The fourth-order valence-corrected chi connectivity index (χ4v) is 2.84. The van der Waals surface area contributed by atoms with Gasteiger partial charge in [-0.15, -0.1) is 11.3 Å². The standard InChI is InChI=1S/C13H20ClN3O2S/c1-9(2)6-17(7-12(15)18)8-13(19)16-5-10-3-4-11(14)20-10/h3-4,9H,5-8H2,1-2H3,(H2,15,18)(H,16,19). The third-order valence-corrected chi connectivity index (χ3v) is 3.69. The number of nitrogens with two attached hydrogens (primary N) is 1. The van der Waals surface area contributed by atoms with Crippen LogP contribution in [-0.4, -0.2) is 36.3 Å². The Morgan fingerprint density at radius 3 is 2.60 bits per heavy atom. The van der Waals surface area contributed by atoms with Crippen LogP contribution in [0.5, 0.6) is 0 Å². The Morgan fingerprint density at radius 1 is 1.40 bits per heavy atom. The summed E-state index contributed by atoms with van der Waals surface area (Å²) in [7, 11) is 0. The van der Waals surface area contributed by atoms with Gasteiger partial charge < -0.3 is 11.1 Å². The second-order valence-corrected chi connectivity index (χ2v) is 6.81. The van der Waals surface area contributed by atoms with Crippen LogP contribution in [0.25, 0.3) is 0 Å². The summed E-state index contributed by atoms with van der Waals surface area (Å²) in [5.41, 5.74) is 5.19. The number of halogens is 1. The van der Waals surface area contributed by atoms with E-state index in [0.29, 0.717) is 23.3 Å². The number of amides is 2. The van der Waals surface area contributed by atoms with E-state index in [9.17, 15) is 9.59 Å². The minimum absolute atomic E-state index is 0.0937. The Kier molecular flexibility index (Phi) is 6.98. The van der Waals surface area contributed by atoms with Crippen LogP contribution in [0.2, 0.25) is 4.34 Å². The van der Waals surface area contributed by atoms with Crippen LogP contribution in [0.3, 0.4) is 0 Å². The maximum atomic E-state index is 11.9. The van der Waals surface area contributed by atoms with Gasteiger partial charge in [0.15, 0.2) is 0 Å². The second-order valence-electron chi connectivity index (χ2n) is 5.01. The molecule has 1 aromatic rings. The minimum atomic E-state index is -0.427. The predicted molar refractivity (Wildman–Crippen MR) is 81.6 cm³/mol. The molecule has 3 N–H and O–H groups in total. The summed E-state index contributed by atoms with van der Waals surface area (Å²) in [6.45, 7) is 5.42. The molecule has 0 saturated carbocycles. The van der Waals surface area contributed by atoms with Gasteiger partial charge in [0.05, 0.1) is 24.0 Å². The highest BCUT2D eigenvalue weighted by atomic mass is 35.5. The fraction of sp³-hybridized carbons (Fsp3) is 0.538. The van der Waals surface area contributed by atoms with Gasteiger partial charge >= 0.3 is 0 Å². The Balaban J connectivity index is 2.42. The molecule has 0 fully saturated rings. The number of rotatable bonds is 8. The van der Waals surface area contributed by atoms with E-state index >= 15 is 0 Å². The molecule has 0 aliphatic heterocycles. The third-order valence-electron chi connectivity index (χ3n) is 2.46. The molecule has 0 atom stereocenters. The van der Waals surface area contributed by atoms with Crippen molar-refractivity contribution in [1.29, 1.82) is 0 Å². The molecule has 0 radical (unpaired) electrons. The van der Waals surface area contributed by atoms with Gasteiger partial charge in [0.1, 0.15) is 0 Å². The average Bonchev–Trinajstić information content (AvgIpc) is 2.70. The molecule has 112 valence electrons.